The van der Waals surface area contributed by atoms with E-state index >= 15 is 0 Å². The smallest absolute Gasteiger partial charge is 0.128 e. The van der Waals surface area contributed by atoms with E-state index in [1.54, 1.807) is 6.92 Å². The fraction of sp³-hybridized carbons (Fsp3) is 0.600. The fourth-order valence-electron chi connectivity index (χ4n) is 2.74. The monoisotopic (exact) mass is 316 g/mol. The maximum atomic E-state index is 13.8. The molecule has 100 valence electrons. The van der Waals surface area contributed by atoms with E-state index in [0.29, 0.717) is 17.0 Å². The van der Waals surface area contributed by atoms with Gasteiger partial charge in [-0.1, -0.05) is 48.0 Å². The summed E-state index contributed by atoms with van der Waals surface area (Å²) < 4.78 is 27.3. The molecule has 1 fully saturated rings. The molecule has 0 radical (unpaired) electrons. The van der Waals surface area contributed by atoms with E-state index in [2.05, 4.69) is 15.9 Å². The molecule has 1 saturated carbocycles. The first-order valence-electron chi connectivity index (χ1n) is 6.67. The van der Waals surface area contributed by atoms with Crippen LogP contribution in [0.1, 0.15) is 54.5 Å². The molecule has 18 heavy (non-hydrogen) atoms. The standard InChI is InChI=1S/C15H19BrF2/c1-10-7-15(18)12(9-14(10)17)13(16)8-11-5-3-2-4-6-11/h7,9,11,13H,2-6,8H2,1H3. The van der Waals surface area contributed by atoms with Gasteiger partial charge in [0.1, 0.15) is 11.6 Å². The maximum Gasteiger partial charge on any atom is 0.128 e. The third kappa shape index (κ3) is 3.31. The van der Waals surface area contributed by atoms with Crippen LogP contribution in [0.2, 0.25) is 0 Å². The molecule has 0 N–H and O–H groups in total. The second-order valence-corrected chi connectivity index (χ2v) is 6.44. The molecule has 1 aromatic carbocycles. The number of alkyl halides is 1. The minimum Gasteiger partial charge on any atom is -0.207 e. The predicted octanol–water partition coefficient (Wildman–Crippen LogP) is 5.68. The van der Waals surface area contributed by atoms with Crippen LogP contribution in [0.15, 0.2) is 12.1 Å². The Labute approximate surface area is 116 Å². The highest BCUT2D eigenvalue weighted by molar-refractivity contribution is 9.09. The molecule has 2 rings (SSSR count). The van der Waals surface area contributed by atoms with Crippen LogP contribution in [0.4, 0.5) is 8.78 Å². The van der Waals surface area contributed by atoms with Gasteiger partial charge in [0.2, 0.25) is 0 Å². The summed E-state index contributed by atoms with van der Waals surface area (Å²) in [6, 6.07) is 2.63. The van der Waals surface area contributed by atoms with Crippen LogP contribution in [-0.2, 0) is 0 Å². The molecule has 0 aliphatic heterocycles. The first-order valence-corrected chi connectivity index (χ1v) is 7.59. The highest BCUT2D eigenvalue weighted by Gasteiger charge is 2.21. The molecule has 0 spiro atoms. The van der Waals surface area contributed by atoms with Gasteiger partial charge in [0.25, 0.3) is 0 Å². The van der Waals surface area contributed by atoms with Crippen LogP contribution < -0.4 is 0 Å². The molecule has 0 saturated heterocycles. The van der Waals surface area contributed by atoms with Crippen molar-refractivity contribution in [2.24, 2.45) is 5.92 Å². The molecule has 1 unspecified atom stereocenters. The summed E-state index contributed by atoms with van der Waals surface area (Å²) >= 11 is 3.52. The zero-order valence-corrected chi connectivity index (χ0v) is 12.3. The van der Waals surface area contributed by atoms with Crippen molar-refractivity contribution in [1.82, 2.24) is 0 Å². The Morgan fingerprint density at radius 2 is 1.83 bits per heavy atom. The molecule has 1 aliphatic carbocycles. The molecule has 1 aromatic rings. The summed E-state index contributed by atoms with van der Waals surface area (Å²) in [5.41, 5.74) is 0.831. The lowest BCUT2D eigenvalue weighted by atomic mass is 9.85. The van der Waals surface area contributed by atoms with Gasteiger partial charge in [-0.3, -0.25) is 0 Å². The van der Waals surface area contributed by atoms with E-state index < -0.39 is 0 Å². The minimum atomic E-state index is -0.320. The van der Waals surface area contributed by atoms with Crippen LogP contribution in [0, 0.1) is 24.5 Å². The third-order valence-corrected chi connectivity index (χ3v) is 4.75. The van der Waals surface area contributed by atoms with Gasteiger partial charge >= 0.3 is 0 Å². The first-order chi connectivity index (χ1) is 8.58. The van der Waals surface area contributed by atoms with Crippen molar-refractivity contribution >= 4 is 15.9 Å². The van der Waals surface area contributed by atoms with Crippen molar-refractivity contribution in [2.75, 3.05) is 0 Å². The number of benzene rings is 1. The van der Waals surface area contributed by atoms with Crippen LogP contribution in [0.5, 0.6) is 0 Å². The van der Waals surface area contributed by atoms with Gasteiger partial charge in [-0.2, -0.15) is 0 Å². The second kappa shape index (κ2) is 6.14. The Morgan fingerprint density at radius 1 is 1.17 bits per heavy atom. The number of aryl methyl sites for hydroxylation is 1. The summed E-state index contributed by atoms with van der Waals surface area (Å²) in [4.78, 5) is -0.0734. The largest absolute Gasteiger partial charge is 0.207 e. The summed E-state index contributed by atoms with van der Waals surface area (Å²) in [5.74, 6) is 0.0259. The Balaban J connectivity index is 2.08. The Hall–Kier alpha value is -0.440. The molecule has 0 aromatic heterocycles. The fourth-order valence-corrected chi connectivity index (χ4v) is 3.62. The van der Waals surface area contributed by atoms with Crippen LogP contribution in [-0.4, -0.2) is 0 Å². The van der Waals surface area contributed by atoms with Crippen LogP contribution in [0.25, 0.3) is 0 Å². The topological polar surface area (TPSA) is 0 Å². The molecule has 3 heteroatoms. The number of rotatable bonds is 3. The molecule has 0 amide bonds. The Morgan fingerprint density at radius 3 is 2.50 bits per heavy atom. The summed E-state index contributed by atoms with van der Waals surface area (Å²) in [6.07, 6.45) is 7.21. The first kappa shape index (κ1) is 14.0. The zero-order chi connectivity index (χ0) is 13.1. The normalized spacial score (nSPS) is 18.9. The lowest BCUT2D eigenvalue weighted by Gasteiger charge is -2.24. The van der Waals surface area contributed by atoms with Gasteiger partial charge in [-0.15, -0.1) is 0 Å². The summed E-state index contributed by atoms with van der Waals surface area (Å²) in [6.45, 7) is 1.59. The van der Waals surface area contributed by atoms with E-state index in [9.17, 15) is 8.78 Å². The minimum absolute atomic E-state index is 0.0734. The van der Waals surface area contributed by atoms with Crippen molar-refractivity contribution in [3.63, 3.8) is 0 Å². The van der Waals surface area contributed by atoms with Crippen molar-refractivity contribution < 1.29 is 8.78 Å². The van der Waals surface area contributed by atoms with E-state index in [0.717, 1.165) is 6.42 Å². The lowest BCUT2D eigenvalue weighted by Crippen LogP contribution is -2.09. The second-order valence-electron chi connectivity index (χ2n) is 5.33. The molecule has 0 nitrogen and oxygen atoms in total. The predicted molar refractivity (Wildman–Crippen MR) is 74.0 cm³/mol. The summed E-state index contributed by atoms with van der Waals surface area (Å²) in [5, 5.41) is 0. The van der Waals surface area contributed by atoms with Gasteiger partial charge in [0, 0.05) is 10.4 Å². The van der Waals surface area contributed by atoms with Crippen molar-refractivity contribution in [2.45, 2.75) is 50.3 Å². The zero-order valence-electron chi connectivity index (χ0n) is 10.7. The molecule has 1 atom stereocenters. The molecular formula is C15H19BrF2. The van der Waals surface area contributed by atoms with Crippen molar-refractivity contribution in [3.05, 3.63) is 34.9 Å². The average molecular weight is 317 g/mol. The van der Waals surface area contributed by atoms with E-state index in [1.165, 1.54) is 44.2 Å². The quantitative estimate of drug-likeness (QED) is 0.629. The Bertz CT molecular complexity index is 411. The van der Waals surface area contributed by atoms with Gasteiger partial charge in [0.05, 0.1) is 0 Å². The Kier molecular flexibility index (Phi) is 4.77. The number of hydrogen-bond acceptors (Lipinski definition) is 0. The number of halogens is 3. The molecule has 0 bridgehead atoms. The van der Waals surface area contributed by atoms with Crippen molar-refractivity contribution in [1.29, 1.82) is 0 Å². The molecular weight excluding hydrogens is 298 g/mol. The summed E-state index contributed by atoms with van der Waals surface area (Å²) in [7, 11) is 0. The van der Waals surface area contributed by atoms with Gasteiger partial charge in [0.15, 0.2) is 0 Å². The SMILES string of the molecule is Cc1cc(F)c(C(Br)CC2CCCCC2)cc1F. The van der Waals surface area contributed by atoms with Gasteiger partial charge in [-0.05, 0) is 37.0 Å². The van der Waals surface area contributed by atoms with Gasteiger partial charge in [-0.25, -0.2) is 8.78 Å². The van der Waals surface area contributed by atoms with Crippen molar-refractivity contribution in [3.8, 4) is 0 Å². The van der Waals surface area contributed by atoms with Gasteiger partial charge < -0.3 is 0 Å². The maximum absolute atomic E-state index is 13.8. The van der Waals surface area contributed by atoms with E-state index in [4.69, 9.17) is 0 Å². The highest BCUT2D eigenvalue weighted by Crippen LogP contribution is 2.37. The highest BCUT2D eigenvalue weighted by atomic mass is 79.9. The number of hydrogen-bond donors (Lipinski definition) is 0. The molecule has 0 heterocycles. The van der Waals surface area contributed by atoms with Crippen LogP contribution >= 0.6 is 15.9 Å². The van der Waals surface area contributed by atoms with E-state index in [-0.39, 0.29) is 16.5 Å². The van der Waals surface area contributed by atoms with E-state index in [1.807, 2.05) is 0 Å². The molecule has 1 aliphatic rings. The lowest BCUT2D eigenvalue weighted by molar-refractivity contribution is 0.337. The van der Waals surface area contributed by atoms with Crippen LogP contribution in [0.3, 0.4) is 0 Å². The average Bonchev–Trinajstić information content (AvgIpc) is 2.35. The third-order valence-electron chi connectivity index (χ3n) is 3.88.